The van der Waals surface area contributed by atoms with Gasteiger partial charge < -0.3 is 4.90 Å². The predicted octanol–water partition coefficient (Wildman–Crippen LogP) is 5.79. The Hall–Kier alpha value is 0.310. The Balaban J connectivity index is 3.73. The van der Waals surface area contributed by atoms with Gasteiger partial charge in [-0.25, -0.2) is 0 Å². The van der Waals surface area contributed by atoms with Gasteiger partial charge in [-0.1, -0.05) is 59.8 Å². The Bertz CT molecular complexity index is 190. The van der Waals surface area contributed by atoms with Crippen molar-refractivity contribution in [1.82, 2.24) is 4.90 Å². The second-order valence-electron chi connectivity index (χ2n) is 6.56. The molecule has 2 heteroatoms. The summed E-state index contributed by atoms with van der Waals surface area (Å²) in [7, 11) is 0. The molecule has 0 aromatic heterocycles. The molecule has 0 aliphatic rings. The van der Waals surface area contributed by atoms with E-state index in [1.807, 2.05) is 0 Å². The predicted molar refractivity (Wildman–Crippen MR) is 97.0 cm³/mol. The van der Waals surface area contributed by atoms with E-state index in [0.29, 0.717) is 0 Å². The lowest BCUT2D eigenvalue weighted by Crippen LogP contribution is -2.38. The SMILES string of the molecule is CCC(CC)N(CCCCCCCCCS)CC(C)C. The summed E-state index contributed by atoms with van der Waals surface area (Å²) in [5.41, 5.74) is 0. The monoisotopic (exact) mass is 301 g/mol. The van der Waals surface area contributed by atoms with Gasteiger partial charge >= 0.3 is 0 Å². The minimum Gasteiger partial charge on any atom is -0.300 e. The van der Waals surface area contributed by atoms with Gasteiger partial charge in [0.25, 0.3) is 0 Å². The summed E-state index contributed by atoms with van der Waals surface area (Å²) in [6.07, 6.45) is 12.3. The molecule has 0 heterocycles. The minimum absolute atomic E-state index is 0.789. The van der Waals surface area contributed by atoms with E-state index in [2.05, 4.69) is 45.2 Å². The average Bonchev–Trinajstić information content (AvgIpc) is 2.42. The molecular weight excluding hydrogens is 262 g/mol. The Morgan fingerprint density at radius 1 is 0.800 bits per heavy atom. The van der Waals surface area contributed by atoms with Gasteiger partial charge in [0.15, 0.2) is 0 Å². The molecular formula is C18H39NS. The van der Waals surface area contributed by atoms with Crippen LogP contribution in [0.5, 0.6) is 0 Å². The van der Waals surface area contributed by atoms with E-state index in [4.69, 9.17) is 0 Å². The third kappa shape index (κ3) is 11.0. The van der Waals surface area contributed by atoms with Crippen molar-refractivity contribution in [2.45, 2.75) is 91.5 Å². The maximum absolute atomic E-state index is 4.26. The summed E-state index contributed by atoms with van der Waals surface area (Å²) in [6, 6.07) is 0.799. The summed E-state index contributed by atoms with van der Waals surface area (Å²) in [6.45, 7) is 11.9. The maximum atomic E-state index is 4.26. The highest BCUT2D eigenvalue weighted by molar-refractivity contribution is 7.80. The lowest BCUT2D eigenvalue weighted by atomic mass is 10.1. The van der Waals surface area contributed by atoms with E-state index in [0.717, 1.165) is 17.7 Å². The smallest absolute Gasteiger partial charge is 0.00901 e. The van der Waals surface area contributed by atoms with Crippen LogP contribution in [0.2, 0.25) is 0 Å². The molecule has 0 aliphatic carbocycles. The molecule has 0 N–H and O–H groups in total. The van der Waals surface area contributed by atoms with Crippen LogP contribution < -0.4 is 0 Å². The van der Waals surface area contributed by atoms with Gasteiger partial charge in [0, 0.05) is 12.6 Å². The van der Waals surface area contributed by atoms with Crippen molar-refractivity contribution < 1.29 is 0 Å². The van der Waals surface area contributed by atoms with E-state index < -0.39 is 0 Å². The number of nitrogens with zero attached hydrogens (tertiary/aromatic N) is 1. The standard InChI is InChI=1S/C18H39NS/c1-5-18(6-2)19(16-17(3)4)14-12-10-8-7-9-11-13-15-20/h17-18,20H,5-16H2,1-4H3. The van der Waals surface area contributed by atoms with Crippen LogP contribution in [0, 0.1) is 5.92 Å². The topological polar surface area (TPSA) is 3.24 Å². The Labute approximate surface area is 134 Å². The van der Waals surface area contributed by atoms with Crippen LogP contribution in [0.1, 0.15) is 85.5 Å². The number of hydrogen-bond donors (Lipinski definition) is 1. The largest absolute Gasteiger partial charge is 0.300 e. The number of hydrogen-bond acceptors (Lipinski definition) is 2. The van der Waals surface area contributed by atoms with Crippen LogP contribution in [0.4, 0.5) is 0 Å². The highest BCUT2D eigenvalue weighted by Gasteiger charge is 2.15. The third-order valence-electron chi connectivity index (χ3n) is 4.16. The summed E-state index contributed by atoms with van der Waals surface area (Å²) in [5, 5.41) is 0. The van der Waals surface area contributed by atoms with Crippen molar-refractivity contribution in [3.63, 3.8) is 0 Å². The normalized spacial score (nSPS) is 12.0. The van der Waals surface area contributed by atoms with Crippen molar-refractivity contribution in [2.75, 3.05) is 18.8 Å². The molecule has 1 nitrogen and oxygen atoms in total. The highest BCUT2D eigenvalue weighted by Crippen LogP contribution is 2.14. The second kappa shape index (κ2) is 14.3. The Morgan fingerprint density at radius 3 is 1.75 bits per heavy atom. The Morgan fingerprint density at radius 2 is 1.30 bits per heavy atom. The number of unbranched alkanes of at least 4 members (excludes halogenated alkanes) is 6. The van der Waals surface area contributed by atoms with Crippen molar-refractivity contribution in [3.8, 4) is 0 Å². The summed E-state index contributed by atoms with van der Waals surface area (Å²) < 4.78 is 0. The van der Waals surface area contributed by atoms with E-state index in [1.54, 1.807) is 0 Å². The first-order chi connectivity index (χ1) is 9.65. The van der Waals surface area contributed by atoms with Gasteiger partial charge in [-0.3, -0.25) is 0 Å². The lowest BCUT2D eigenvalue weighted by Gasteiger charge is -2.32. The molecule has 0 bridgehead atoms. The molecule has 20 heavy (non-hydrogen) atoms. The van der Waals surface area contributed by atoms with Gasteiger partial charge in [0.2, 0.25) is 0 Å². The molecule has 0 radical (unpaired) electrons. The summed E-state index contributed by atoms with van der Waals surface area (Å²) >= 11 is 4.26. The van der Waals surface area contributed by atoms with Gasteiger partial charge in [0.05, 0.1) is 0 Å². The molecule has 0 atom stereocenters. The van der Waals surface area contributed by atoms with Crippen LogP contribution >= 0.6 is 12.6 Å². The van der Waals surface area contributed by atoms with Crippen LogP contribution in [-0.2, 0) is 0 Å². The zero-order valence-corrected chi connectivity index (χ0v) is 15.4. The molecule has 0 aromatic rings. The summed E-state index contributed by atoms with van der Waals surface area (Å²) in [5.74, 6) is 1.84. The number of thiol groups is 1. The van der Waals surface area contributed by atoms with Crippen LogP contribution in [-0.4, -0.2) is 29.8 Å². The second-order valence-corrected chi connectivity index (χ2v) is 7.00. The molecule has 0 amide bonds. The molecule has 122 valence electrons. The van der Waals surface area contributed by atoms with Gasteiger partial charge in [-0.05, 0) is 43.9 Å². The van der Waals surface area contributed by atoms with Crippen molar-refractivity contribution in [1.29, 1.82) is 0 Å². The summed E-state index contributed by atoms with van der Waals surface area (Å²) in [4.78, 5) is 2.74. The van der Waals surface area contributed by atoms with Crippen molar-refractivity contribution >= 4 is 12.6 Å². The van der Waals surface area contributed by atoms with Crippen LogP contribution in [0.25, 0.3) is 0 Å². The molecule has 0 saturated heterocycles. The molecule has 0 aliphatic heterocycles. The average molecular weight is 302 g/mol. The van der Waals surface area contributed by atoms with Gasteiger partial charge in [-0.15, -0.1) is 0 Å². The number of rotatable bonds is 14. The fourth-order valence-electron chi connectivity index (χ4n) is 3.01. The van der Waals surface area contributed by atoms with E-state index in [9.17, 15) is 0 Å². The quantitative estimate of drug-likeness (QED) is 0.314. The first-order valence-electron chi connectivity index (χ1n) is 9.00. The lowest BCUT2D eigenvalue weighted by molar-refractivity contribution is 0.162. The molecule has 0 fully saturated rings. The third-order valence-corrected chi connectivity index (χ3v) is 4.48. The van der Waals surface area contributed by atoms with E-state index in [1.165, 1.54) is 70.9 Å². The first-order valence-corrected chi connectivity index (χ1v) is 9.63. The highest BCUT2D eigenvalue weighted by atomic mass is 32.1. The fourth-order valence-corrected chi connectivity index (χ4v) is 3.23. The van der Waals surface area contributed by atoms with Gasteiger partial charge in [-0.2, -0.15) is 12.6 Å². The van der Waals surface area contributed by atoms with Gasteiger partial charge in [0.1, 0.15) is 0 Å². The molecule has 0 rings (SSSR count). The molecule has 0 unspecified atom stereocenters. The minimum atomic E-state index is 0.789. The van der Waals surface area contributed by atoms with Crippen molar-refractivity contribution in [3.05, 3.63) is 0 Å². The van der Waals surface area contributed by atoms with Crippen LogP contribution in [0.3, 0.4) is 0 Å². The van der Waals surface area contributed by atoms with E-state index >= 15 is 0 Å². The van der Waals surface area contributed by atoms with Crippen LogP contribution in [0.15, 0.2) is 0 Å². The fraction of sp³-hybridized carbons (Fsp3) is 1.00. The van der Waals surface area contributed by atoms with E-state index in [-0.39, 0.29) is 0 Å². The molecule has 0 saturated carbocycles. The van der Waals surface area contributed by atoms with Crippen molar-refractivity contribution in [2.24, 2.45) is 5.92 Å². The zero-order chi connectivity index (χ0) is 15.2. The zero-order valence-electron chi connectivity index (χ0n) is 14.5. The first kappa shape index (κ1) is 20.3. The molecule has 0 spiro atoms. The maximum Gasteiger partial charge on any atom is 0.00901 e. The molecule has 0 aromatic carbocycles. The Kier molecular flexibility index (Phi) is 14.5.